The van der Waals surface area contributed by atoms with Crippen LogP contribution in [0.2, 0.25) is 0 Å². The first-order valence-corrected chi connectivity index (χ1v) is 5.78. The minimum absolute atomic E-state index is 0.260. The van der Waals surface area contributed by atoms with E-state index >= 15 is 0 Å². The van der Waals surface area contributed by atoms with E-state index in [1.165, 1.54) is 18.4 Å². The zero-order chi connectivity index (χ0) is 10.5. The van der Waals surface area contributed by atoms with Gasteiger partial charge in [-0.15, -0.1) is 0 Å². The van der Waals surface area contributed by atoms with Crippen molar-refractivity contribution in [1.29, 1.82) is 0 Å². The lowest BCUT2D eigenvalue weighted by Gasteiger charge is -2.29. The maximum absolute atomic E-state index is 9.50. The van der Waals surface area contributed by atoms with Gasteiger partial charge in [-0.1, -0.05) is 30.3 Å². The van der Waals surface area contributed by atoms with Gasteiger partial charge in [0.25, 0.3) is 0 Å². The van der Waals surface area contributed by atoms with Gasteiger partial charge in [0.1, 0.15) is 0 Å². The largest absolute Gasteiger partial charge is 0.396 e. The van der Waals surface area contributed by atoms with Gasteiger partial charge in [0.15, 0.2) is 0 Å². The molecule has 0 bridgehead atoms. The summed E-state index contributed by atoms with van der Waals surface area (Å²) in [6.07, 6.45) is 2.46. The van der Waals surface area contributed by atoms with Crippen molar-refractivity contribution in [3.8, 4) is 0 Å². The molecule has 0 radical (unpaired) electrons. The molecule has 1 saturated heterocycles. The van der Waals surface area contributed by atoms with Crippen LogP contribution in [0, 0.1) is 5.92 Å². The highest BCUT2D eigenvalue weighted by Crippen LogP contribution is 2.28. The molecule has 2 N–H and O–H groups in total. The molecule has 2 heteroatoms. The van der Waals surface area contributed by atoms with Crippen LogP contribution < -0.4 is 5.32 Å². The number of aliphatic hydroxyl groups is 1. The van der Waals surface area contributed by atoms with E-state index in [9.17, 15) is 5.11 Å². The molecular formula is C13H19NO. The van der Waals surface area contributed by atoms with Gasteiger partial charge >= 0.3 is 0 Å². The van der Waals surface area contributed by atoms with Gasteiger partial charge in [0.2, 0.25) is 0 Å². The summed E-state index contributed by atoms with van der Waals surface area (Å²) in [5.74, 6) is 0.894. The predicted octanol–water partition coefficient (Wildman–Crippen LogP) is 1.76. The number of rotatable bonds is 3. The summed E-state index contributed by atoms with van der Waals surface area (Å²) in [6.45, 7) is 2.43. The molecule has 82 valence electrons. The van der Waals surface area contributed by atoms with E-state index < -0.39 is 0 Å². The summed E-state index contributed by atoms with van der Waals surface area (Å²) < 4.78 is 0. The van der Waals surface area contributed by atoms with E-state index in [1.54, 1.807) is 0 Å². The SMILES string of the molecule is OCC(c1ccccc1)C1CCCNC1. The molecule has 1 heterocycles. The zero-order valence-corrected chi connectivity index (χ0v) is 9.02. The second-order valence-corrected chi connectivity index (χ2v) is 4.31. The molecule has 1 aliphatic rings. The van der Waals surface area contributed by atoms with Crippen molar-refractivity contribution < 1.29 is 5.11 Å². The third-order valence-corrected chi connectivity index (χ3v) is 3.33. The van der Waals surface area contributed by atoms with Crippen LogP contribution in [-0.4, -0.2) is 24.8 Å². The van der Waals surface area contributed by atoms with Gasteiger partial charge in [0.05, 0.1) is 6.61 Å². The quantitative estimate of drug-likeness (QED) is 0.788. The topological polar surface area (TPSA) is 32.3 Å². The summed E-state index contributed by atoms with van der Waals surface area (Å²) in [5.41, 5.74) is 1.27. The third kappa shape index (κ3) is 2.58. The maximum atomic E-state index is 9.50. The number of hydrogen-bond acceptors (Lipinski definition) is 2. The van der Waals surface area contributed by atoms with E-state index in [4.69, 9.17) is 0 Å². The average molecular weight is 205 g/mol. The lowest BCUT2D eigenvalue weighted by Crippen LogP contribution is -2.34. The molecule has 2 nitrogen and oxygen atoms in total. The summed E-state index contributed by atoms with van der Waals surface area (Å²) >= 11 is 0. The molecule has 0 aliphatic carbocycles. The Hall–Kier alpha value is -0.860. The first-order chi connectivity index (χ1) is 7.42. The molecule has 2 unspecified atom stereocenters. The lowest BCUT2D eigenvalue weighted by molar-refractivity contribution is 0.204. The zero-order valence-electron chi connectivity index (χ0n) is 9.02. The minimum Gasteiger partial charge on any atom is -0.396 e. The second-order valence-electron chi connectivity index (χ2n) is 4.31. The summed E-state index contributed by atoms with van der Waals surface area (Å²) in [6, 6.07) is 10.4. The fourth-order valence-corrected chi connectivity index (χ4v) is 2.45. The Morgan fingerprint density at radius 2 is 2.13 bits per heavy atom. The van der Waals surface area contributed by atoms with Gasteiger partial charge < -0.3 is 10.4 Å². The average Bonchev–Trinajstić information content (AvgIpc) is 2.33. The standard InChI is InChI=1S/C13H19NO/c15-10-13(11-5-2-1-3-6-11)12-7-4-8-14-9-12/h1-3,5-6,12-15H,4,7-10H2. The van der Waals surface area contributed by atoms with E-state index in [0.717, 1.165) is 13.1 Å². The Morgan fingerprint density at radius 1 is 1.33 bits per heavy atom. The lowest BCUT2D eigenvalue weighted by atomic mass is 9.82. The highest BCUT2D eigenvalue weighted by atomic mass is 16.3. The first kappa shape index (κ1) is 10.7. The smallest absolute Gasteiger partial charge is 0.0502 e. The van der Waals surface area contributed by atoms with Crippen molar-refractivity contribution in [1.82, 2.24) is 5.32 Å². The van der Waals surface area contributed by atoms with Crippen LogP contribution in [0.1, 0.15) is 24.3 Å². The highest BCUT2D eigenvalue weighted by Gasteiger charge is 2.23. The fourth-order valence-electron chi connectivity index (χ4n) is 2.45. The van der Waals surface area contributed by atoms with Gasteiger partial charge in [-0.25, -0.2) is 0 Å². The molecule has 0 aromatic heterocycles. The first-order valence-electron chi connectivity index (χ1n) is 5.78. The van der Waals surface area contributed by atoms with Crippen LogP contribution in [0.25, 0.3) is 0 Å². The Kier molecular flexibility index (Phi) is 3.75. The molecule has 1 fully saturated rings. The third-order valence-electron chi connectivity index (χ3n) is 3.33. The van der Waals surface area contributed by atoms with E-state index in [-0.39, 0.29) is 6.61 Å². The maximum Gasteiger partial charge on any atom is 0.0502 e. The van der Waals surface area contributed by atoms with Crippen LogP contribution in [0.5, 0.6) is 0 Å². The van der Waals surface area contributed by atoms with E-state index in [0.29, 0.717) is 11.8 Å². The van der Waals surface area contributed by atoms with E-state index in [2.05, 4.69) is 17.4 Å². The molecule has 0 saturated carbocycles. The molecular weight excluding hydrogens is 186 g/mol. The van der Waals surface area contributed by atoms with Gasteiger partial charge in [-0.05, 0) is 37.4 Å². The van der Waals surface area contributed by atoms with Crippen LogP contribution in [0.15, 0.2) is 30.3 Å². The van der Waals surface area contributed by atoms with Crippen LogP contribution in [0.4, 0.5) is 0 Å². The van der Waals surface area contributed by atoms with Crippen molar-refractivity contribution in [2.75, 3.05) is 19.7 Å². The molecule has 1 aromatic rings. The number of aliphatic hydroxyl groups excluding tert-OH is 1. The minimum atomic E-state index is 0.260. The Bertz CT molecular complexity index is 280. The van der Waals surface area contributed by atoms with E-state index in [1.807, 2.05) is 18.2 Å². The Balaban J connectivity index is 2.09. The number of nitrogens with one attached hydrogen (secondary N) is 1. The Labute approximate surface area is 91.3 Å². The monoisotopic (exact) mass is 205 g/mol. The van der Waals surface area contributed by atoms with Crippen molar-refractivity contribution >= 4 is 0 Å². The second kappa shape index (κ2) is 5.29. The molecule has 1 aliphatic heterocycles. The van der Waals surface area contributed by atoms with Crippen molar-refractivity contribution in [2.45, 2.75) is 18.8 Å². The Morgan fingerprint density at radius 3 is 2.73 bits per heavy atom. The van der Waals surface area contributed by atoms with Crippen molar-refractivity contribution in [2.24, 2.45) is 5.92 Å². The van der Waals surface area contributed by atoms with Crippen molar-refractivity contribution in [3.63, 3.8) is 0 Å². The van der Waals surface area contributed by atoms with Crippen LogP contribution >= 0.6 is 0 Å². The molecule has 0 spiro atoms. The van der Waals surface area contributed by atoms with Gasteiger partial charge in [0, 0.05) is 5.92 Å². The van der Waals surface area contributed by atoms with Crippen LogP contribution in [0.3, 0.4) is 0 Å². The molecule has 15 heavy (non-hydrogen) atoms. The number of piperidine rings is 1. The molecule has 2 rings (SSSR count). The van der Waals surface area contributed by atoms with Crippen molar-refractivity contribution in [3.05, 3.63) is 35.9 Å². The number of hydrogen-bond donors (Lipinski definition) is 2. The number of benzene rings is 1. The molecule has 0 amide bonds. The van der Waals surface area contributed by atoms with Crippen LogP contribution in [-0.2, 0) is 0 Å². The summed E-state index contributed by atoms with van der Waals surface area (Å²) in [4.78, 5) is 0. The molecule has 1 aromatic carbocycles. The summed E-state index contributed by atoms with van der Waals surface area (Å²) in [5, 5.41) is 12.9. The highest BCUT2D eigenvalue weighted by molar-refractivity contribution is 5.20. The molecule has 2 atom stereocenters. The fraction of sp³-hybridized carbons (Fsp3) is 0.538. The van der Waals surface area contributed by atoms with Gasteiger partial charge in [-0.2, -0.15) is 0 Å². The summed E-state index contributed by atoms with van der Waals surface area (Å²) in [7, 11) is 0. The van der Waals surface area contributed by atoms with Gasteiger partial charge in [-0.3, -0.25) is 0 Å². The normalized spacial score (nSPS) is 23.7. The predicted molar refractivity (Wildman–Crippen MR) is 61.9 cm³/mol.